The van der Waals surface area contributed by atoms with Crippen LogP contribution in [-0.4, -0.2) is 48.3 Å². The fraction of sp³-hybridized carbons (Fsp3) is 0.909. The van der Waals surface area contributed by atoms with Crippen LogP contribution < -0.4 is 0 Å². The van der Waals surface area contributed by atoms with E-state index in [4.69, 9.17) is 5.11 Å². The Labute approximate surface area is 115 Å². The van der Waals surface area contributed by atoms with Gasteiger partial charge in [-0.1, -0.05) is 12.8 Å². The van der Waals surface area contributed by atoms with Gasteiger partial charge in [0.1, 0.15) is 6.04 Å². The first-order valence-corrected chi connectivity index (χ1v) is 8.03. The molecular formula is C11H18F3NO4S. The van der Waals surface area contributed by atoms with Crippen LogP contribution in [0.3, 0.4) is 0 Å². The van der Waals surface area contributed by atoms with Crippen molar-refractivity contribution in [2.75, 3.05) is 12.3 Å². The van der Waals surface area contributed by atoms with Gasteiger partial charge < -0.3 is 5.11 Å². The number of carboxylic acid groups (broad SMARTS) is 1. The maximum atomic E-state index is 12.0. The number of rotatable bonds is 5. The van der Waals surface area contributed by atoms with Crippen molar-refractivity contribution in [3.8, 4) is 0 Å². The highest BCUT2D eigenvalue weighted by molar-refractivity contribution is 7.89. The van der Waals surface area contributed by atoms with Gasteiger partial charge in [0, 0.05) is 13.0 Å². The molecule has 1 unspecified atom stereocenters. The average Bonchev–Trinajstić information content (AvgIpc) is 2.52. The summed E-state index contributed by atoms with van der Waals surface area (Å²) in [5, 5.41) is 9.07. The standard InChI is InChI=1S/C11H18F3NO4S/c12-11(13,14)6-4-8-20(18,19)15-7-3-1-2-5-9(15)10(16)17/h9H,1-8H2,(H,16,17). The van der Waals surface area contributed by atoms with Crippen LogP contribution in [0.4, 0.5) is 13.2 Å². The Morgan fingerprint density at radius 2 is 1.90 bits per heavy atom. The van der Waals surface area contributed by atoms with Gasteiger partial charge in [0.25, 0.3) is 0 Å². The van der Waals surface area contributed by atoms with Crippen LogP contribution in [0.25, 0.3) is 0 Å². The number of hydrogen-bond donors (Lipinski definition) is 1. The van der Waals surface area contributed by atoms with Gasteiger partial charge in [-0.15, -0.1) is 0 Å². The molecule has 0 spiro atoms. The van der Waals surface area contributed by atoms with Crippen molar-refractivity contribution in [1.29, 1.82) is 0 Å². The molecule has 0 radical (unpaired) electrons. The quantitative estimate of drug-likeness (QED) is 0.841. The van der Waals surface area contributed by atoms with Crippen molar-refractivity contribution in [2.24, 2.45) is 0 Å². The molecule has 1 fully saturated rings. The predicted octanol–water partition coefficient (Wildman–Crippen LogP) is 1.99. The van der Waals surface area contributed by atoms with Gasteiger partial charge in [0.2, 0.25) is 10.0 Å². The van der Waals surface area contributed by atoms with E-state index < -0.39 is 46.8 Å². The molecule has 0 saturated carbocycles. The number of nitrogens with zero attached hydrogens (tertiary/aromatic N) is 1. The van der Waals surface area contributed by atoms with Crippen molar-refractivity contribution >= 4 is 16.0 Å². The van der Waals surface area contributed by atoms with Crippen molar-refractivity contribution in [3.63, 3.8) is 0 Å². The molecule has 1 atom stereocenters. The highest BCUT2D eigenvalue weighted by Crippen LogP contribution is 2.24. The number of carbonyl (C=O) groups is 1. The zero-order valence-electron chi connectivity index (χ0n) is 10.9. The molecule has 0 bridgehead atoms. The summed E-state index contributed by atoms with van der Waals surface area (Å²) in [6.07, 6.45) is -4.08. The van der Waals surface area contributed by atoms with Gasteiger partial charge >= 0.3 is 12.1 Å². The third-order valence-corrected chi connectivity index (χ3v) is 5.16. The zero-order chi connectivity index (χ0) is 15.4. The fourth-order valence-electron chi connectivity index (χ4n) is 2.23. The molecule has 0 aromatic heterocycles. The van der Waals surface area contributed by atoms with Crippen LogP contribution >= 0.6 is 0 Å². The van der Waals surface area contributed by atoms with E-state index in [2.05, 4.69) is 0 Å². The van der Waals surface area contributed by atoms with Gasteiger partial charge in [0.05, 0.1) is 5.75 Å². The molecule has 0 aliphatic carbocycles. The third kappa shape index (κ3) is 5.28. The summed E-state index contributed by atoms with van der Waals surface area (Å²) in [6, 6.07) is -1.16. The summed E-state index contributed by atoms with van der Waals surface area (Å²) in [5.74, 6) is -1.91. The van der Waals surface area contributed by atoms with Crippen molar-refractivity contribution in [1.82, 2.24) is 4.31 Å². The third-order valence-electron chi connectivity index (χ3n) is 3.21. The lowest BCUT2D eigenvalue weighted by Gasteiger charge is -2.26. The molecule has 1 aliphatic heterocycles. The van der Waals surface area contributed by atoms with E-state index in [-0.39, 0.29) is 13.0 Å². The lowest BCUT2D eigenvalue weighted by molar-refractivity contribution is -0.141. The number of halogens is 3. The molecule has 118 valence electrons. The minimum Gasteiger partial charge on any atom is -0.480 e. The molecule has 1 N–H and O–H groups in total. The van der Waals surface area contributed by atoms with Gasteiger partial charge in [0.15, 0.2) is 0 Å². The molecule has 1 rings (SSSR count). The lowest BCUT2D eigenvalue weighted by atomic mass is 10.1. The van der Waals surface area contributed by atoms with E-state index in [1.165, 1.54) is 0 Å². The summed E-state index contributed by atoms with van der Waals surface area (Å²) < 4.78 is 61.0. The second-order valence-electron chi connectivity index (χ2n) is 4.85. The van der Waals surface area contributed by atoms with Gasteiger partial charge in [-0.3, -0.25) is 4.79 Å². The maximum absolute atomic E-state index is 12.0. The Hall–Kier alpha value is -0.830. The Balaban J connectivity index is 2.74. The van der Waals surface area contributed by atoms with Crippen LogP contribution in [-0.2, 0) is 14.8 Å². The van der Waals surface area contributed by atoms with E-state index in [1.807, 2.05) is 0 Å². The molecular weight excluding hydrogens is 299 g/mol. The molecule has 0 aromatic carbocycles. The van der Waals surface area contributed by atoms with Crippen molar-refractivity contribution in [3.05, 3.63) is 0 Å². The maximum Gasteiger partial charge on any atom is 0.389 e. The molecule has 9 heteroatoms. The van der Waals surface area contributed by atoms with Crippen LogP contribution in [0, 0.1) is 0 Å². The Morgan fingerprint density at radius 1 is 1.25 bits per heavy atom. The lowest BCUT2D eigenvalue weighted by Crippen LogP contribution is -2.45. The topological polar surface area (TPSA) is 74.7 Å². The monoisotopic (exact) mass is 317 g/mol. The highest BCUT2D eigenvalue weighted by atomic mass is 32.2. The smallest absolute Gasteiger partial charge is 0.389 e. The first-order valence-electron chi connectivity index (χ1n) is 6.42. The average molecular weight is 317 g/mol. The van der Waals surface area contributed by atoms with E-state index in [1.54, 1.807) is 0 Å². The van der Waals surface area contributed by atoms with E-state index >= 15 is 0 Å². The van der Waals surface area contributed by atoms with E-state index in [0.717, 1.165) is 10.7 Å². The molecule has 20 heavy (non-hydrogen) atoms. The number of carboxylic acids is 1. The van der Waals surface area contributed by atoms with Crippen molar-refractivity contribution in [2.45, 2.75) is 50.7 Å². The summed E-state index contributed by atoms with van der Waals surface area (Å²) in [7, 11) is -3.97. The molecule has 0 aromatic rings. The summed E-state index contributed by atoms with van der Waals surface area (Å²) in [4.78, 5) is 11.1. The predicted molar refractivity (Wildman–Crippen MR) is 65.7 cm³/mol. The van der Waals surface area contributed by atoms with Crippen LogP contribution in [0.15, 0.2) is 0 Å². The van der Waals surface area contributed by atoms with Gasteiger partial charge in [-0.05, 0) is 19.3 Å². The number of aliphatic carboxylic acids is 1. The Morgan fingerprint density at radius 3 is 2.45 bits per heavy atom. The summed E-state index contributed by atoms with van der Waals surface area (Å²) in [5.41, 5.74) is 0. The summed E-state index contributed by atoms with van der Waals surface area (Å²) >= 11 is 0. The molecule has 1 saturated heterocycles. The normalized spacial score (nSPS) is 22.4. The van der Waals surface area contributed by atoms with E-state index in [0.29, 0.717) is 12.8 Å². The Kier molecular flexibility index (Phi) is 5.81. The second kappa shape index (κ2) is 6.75. The first-order chi connectivity index (χ1) is 9.13. The van der Waals surface area contributed by atoms with E-state index in [9.17, 15) is 26.4 Å². The van der Waals surface area contributed by atoms with Gasteiger partial charge in [-0.25, -0.2) is 8.42 Å². The SMILES string of the molecule is O=C(O)C1CCCCCN1S(=O)(=O)CCCC(F)(F)F. The van der Waals surface area contributed by atoms with Crippen LogP contribution in [0.2, 0.25) is 0 Å². The highest BCUT2D eigenvalue weighted by Gasteiger charge is 2.36. The molecule has 1 aliphatic rings. The molecule has 5 nitrogen and oxygen atoms in total. The zero-order valence-corrected chi connectivity index (χ0v) is 11.7. The minimum absolute atomic E-state index is 0.0608. The molecule has 0 amide bonds. The fourth-order valence-corrected chi connectivity index (χ4v) is 3.97. The minimum atomic E-state index is -4.40. The first kappa shape index (κ1) is 17.2. The second-order valence-corrected chi connectivity index (χ2v) is 6.89. The van der Waals surface area contributed by atoms with Crippen LogP contribution in [0.5, 0.6) is 0 Å². The Bertz CT molecular complexity index is 435. The molecule has 1 heterocycles. The number of hydrogen-bond acceptors (Lipinski definition) is 3. The largest absolute Gasteiger partial charge is 0.480 e. The van der Waals surface area contributed by atoms with Gasteiger partial charge in [-0.2, -0.15) is 17.5 Å². The van der Waals surface area contributed by atoms with Crippen molar-refractivity contribution < 1.29 is 31.5 Å². The number of sulfonamides is 1. The van der Waals surface area contributed by atoms with Crippen LogP contribution in [0.1, 0.15) is 38.5 Å². The summed E-state index contributed by atoms with van der Waals surface area (Å²) in [6.45, 7) is 0.0608. The number of alkyl halides is 3.